The molecule has 0 bridgehead atoms. The summed E-state index contributed by atoms with van der Waals surface area (Å²) in [6.45, 7) is 0. The molecule has 0 saturated carbocycles. The Bertz CT molecular complexity index is 991. The second kappa shape index (κ2) is 3.98. The average Bonchev–Trinajstić information content (AvgIpc) is 2.92. The second-order valence-electron chi connectivity index (χ2n) is 5.92. The minimum atomic E-state index is 1.05. The van der Waals surface area contributed by atoms with Gasteiger partial charge in [0.15, 0.2) is 0 Å². The van der Waals surface area contributed by atoms with Crippen LogP contribution in [-0.4, -0.2) is 4.98 Å². The highest BCUT2D eigenvalue weighted by atomic mass is 14.7. The van der Waals surface area contributed by atoms with E-state index in [1.807, 2.05) is 0 Å². The van der Waals surface area contributed by atoms with Gasteiger partial charge in [-0.2, -0.15) is 0 Å². The Morgan fingerprint density at radius 2 is 1.38 bits per heavy atom. The lowest BCUT2D eigenvalue weighted by molar-refractivity contribution is 1.01. The molecule has 0 spiro atoms. The number of fused-ring (bicyclic) bond motifs is 6. The molecule has 1 aliphatic carbocycles. The number of hydrogen-bond acceptors (Lipinski definition) is 0. The lowest BCUT2D eigenvalue weighted by Crippen LogP contribution is -2.07. The van der Waals surface area contributed by atoms with Crippen LogP contribution in [0.15, 0.2) is 60.7 Å². The minimum Gasteiger partial charge on any atom is -0.355 e. The van der Waals surface area contributed by atoms with Gasteiger partial charge in [0.1, 0.15) is 0 Å². The summed E-state index contributed by atoms with van der Waals surface area (Å²) in [4.78, 5) is 3.55. The van der Waals surface area contributed by atoms with Gasteiger partial charge in [-0.1, -0.05) is 48.5 Å². The highest BCUT2D eigenvalue weighted by Crippen LogP contribution is 2.36. The van der Waals surface area contributed by atoms with Gasteiger partial charge in [0.05, 0.1) is 0 Å². The molecule has 0 fully saturated rings. The standard InChI is InChI=1S/C20H15N/c1-2-6-14-12-17-15(11-13(14)5-1)9-10-19-20(17)16-7-3-4-8-18(16)21-19/h1-10,21H,11-12H2. The molecule has 0 aliphatic heterocycles. The van der Waals surface area contributed by atoms with Crippen molar-refractivity contribution in [3.63, 3.8) is 0 Å². The number of nitrogens with one attached hydrogen (secondary N) is 1. The van der Waals surface area contributed by atoms with E-state index in [1.54, 1.807) is 0 Å². The van der Waals surface area contributed by atoms with Crippen LogP contribution >= 0.6 is 0 Å². The van der Waals surface area contributed by atoms with Crippen LogP contribution in [0.25, 0.3) is 21.8 Å². The maximum atomic E-state index is 3.55. The molecule has 1 N–H and O–H groups in total. The summed E-state index contributed by atoms with van der Waals surface area (Å²) >= 11 is 0. The van der Waals surface area contributed by atoms with E-state index in [0.29, 0.717) is 0 Å². The largest absolute Gasteiger partial charge is 0.355 e. The molecule has 3 aromatic carbocycles. The quantitative estimate of drug-likeness (QED) is 0.415. The van der Waals surface area contributed by atoms with Crippen LogP contribution in [-0.2, 0) is 12.8 Å². The molecule has 0 saturated heterocycles. The SMILES string of the molecule is c1ccc2c(c1)Cc1ccc3[nH]c4ccccc4c3c1C2. The number of aromatic amines is 1. The van der Waals surface area contributed by atoms with Crippen molar-refractivity contribution in [1.29, 1.82) is 0 Å². The Morgan fingerprint density at radius 3 is 2.29 bits per heavy atom. The normalized spacial score (nSPS) is 13.3. The van der Waals surface area contributed by atoms with Crippen molar-refractivity contribution < 1.29 is 0 Å². The number of rotatable bonds is 0. The number of para-hydroxylation sites is 1. The number of H-pyrrole nitrogens is 1. The van der Waals surface area contributed by atoms with Gasteiger partial charge in [-0.15, -0.1) is 0 Å². The number of hydrogen-bond donors (Lipinski definition) is 1. The van der Waals surface area contributed by atoms with Crippen LogP contribution in [0.1, 0.15) is 22.3 Å². The summed E-state index contributed by atoms with van der Waals surface area (Å²) in [6.07, 6.45) is 2.10. The fourth-order valence-corrected chi connectivity index (χ4v) is 3.72. The Morgan fingerprint density at radius 1 is 0.619 bits per heavy atom. The van der Waals surface area contributed by atoms with Crippen molar-refractivity contribution in [1.82, 2.24) is 4.98 Å². The Labute approximate surface area is 123 Å². The maximum absolute atomic E-state index is 3.55. The van der Waals surface area contributed by atoms with Crippen LogP contribution in [0, 0.1) is 0 Å². The van der Waals surface area contributed by atoms with Crippen LogP contribution in [0.3, 0.4) is 0 Å². The highest BCUT2D eigenvalue weighted by molar-refractivity contribution is 6.09. The van der Waals surface area contributed by atoms with Gasteiger partial charge in [0, 0.05) is 21.8 Å². The zero-order chi connectivity index (χ0) is 13.8. The second-order valence-corrected chi connectivity index (χ2v) is 5.92. The van der Waals surface area contributed by atoms with Crippen molar-refractivity contribution in [3.05, 3.63) is 82.9 Å². The van der Waals surface area contributed by atoms with E-state index in [9.17, 15) is 0 Å². The van der Waals surface area contributed by atoms with E-state index in [-0.39, 0.29) is 0 Å². The molecule has 100 valence electrons. The van der Waals surface area contributed by atoms with E-state index in [1.165, 1.54) is 44.1 Å². The fourth-order valence-electron chi connectivity index (χ4n) is 3.72. The summed E-state index contributed by atoms with van der Waals surface area (Å²) in [6, 6.07) is 22.0. The Balaban J connectivity index is 1.86. The smallest absolute Gasteiger partial charge is 0.0467 e. The molecule has 1 nitrogen and oxygen atoms in total. The van der Waals surface area contributed by atoms with Crippen LogP contribution < -0.4 is 0 Å². The molecule has 0 amide bonds. The van der Waals surface area contributed by atoms with Crippen LogP contribution in [0.2, 0.25) is 0 Å². The van der Waals surface area contributed by atoms with Crippen LogP contribution in [0.5, 0.6) is 0 Å². The molecular weight excluding hydrogens is 254 g/mol. The van der Waals surface area contributed by atoms with Gasteiger partial charge < -0.3 is 4.98 Å². The number of benzene rings is 3. The molecular formula is C20H15N. The van der Waals surface area contributed by atoms with Gasteiger partial charge in [0.25, 0.3) is 0 Å². The molecule has 0 radical (unpaired) electrons. The predicted octanol–water partition coefficient (Wildman–Crippen LogP) is 4.82. The monoisotopic (exact) mass is 269 g/mol. The lowest BCUT2D eigenvalue weighted by atomic mass is 9.84. The van der Waals surface area contributed by atoms with Crippen molar-refractivity contribution >= 4 is 21.8 Å². The van der Waals surface area contributed by atoms with E-state index in [2.05, 4.69) is 65.6 Å². The van der Waals surface area contributed by atoms with Crippen LogP contribution in [0.4, 0.5) is 0 Å². The first-order valence-corrected chi connectivity index (χ1v) is 7.48. The molecule has 0 atom stereocenters. The third-order valence-electron chi connectivity index (χ3n) is 4.74. The molecule has 5 rings (SSSR count). The fraction of sp³-hybridized carbons (Fsp3) is 0.100. The highest BCUT2D eigenvalue weighted by Gasteiger charge is 2.19. The van der Waals surface area contributed by atoms with Crippen molar-refractivity contribution in [3.8, 4) is 0 Å². The zero-order valence-corrected chi connectivity index (χ0v) is 11.7. The molecule has 1 heteroatoms. The molecule has 21 heavy (non-hydrogen) atoms. The first-order valence-electron chi connectivity index (χ1n) is 7.48. The van der Waals surface area contributed by atoms with Gasteiger partial charge in [-0.05, 0) is 47.2 Å². The Hall–Kier alpha value is -2.54. The maximum Gasteiger partial charge on any atom is 0.0467 e. The number of aromatic nitrogens is 1. The Kier molecular flexibility index (Phi) is 2.12. The summed E-state index contributed by atoms with van der Waals surface area (Å²) in [5.74, 6) is 0. The minimum absolute atomic E-state index is 1.05. The third kappa shape index (κ3) is 1.52. The van der Waals surface area contributed by atoms with Crippen molar-refractivity contribution in [2.75, 3.05) is 0 Å². The van der Waals surface area contributed by atoms with Gasteiger partial charge in [-0.25, -0.2) is 0 Å². The van der Waals surface area contributed by atoms with Gasteiger partial charge >= 0.3 is 0 Å². The van der Waals surface area contributed by atoms with Crippen molar-refractivity contribution in [2.24, 2.45) is 0 Å². The first-order chi connectivity index (χ1) is 10.4. The molecule has 0 unspecified atom stereocenters. The summed E-state index contributed by atoms with van der Waals surface area (Å²) in [5.41, 5.74) is 8.43. The van der Waals surface area contributed by atoms with Gasteiger partial charge in [0.2, 0.25) is 0 Å². The molecule has 4 aromatic rings. The average molecular weight is 269 g/mol. The third-order valence-corrected chi connectivity index (χ3v) is 4.74. The first kappa shape index (κ1) is 11.2. The summed E-state index contributed by atoms with van der Waals surface area (Å²) in [7, 11) is 0. The van der Waals surface area contributed by atoms with E-state index in [0.717, 1.165) is 12.8 Å². The molecule has 1 aromatic heterocycles. The summed E-state index contributed by atoms with van der Waals surface area (Å²) in [5, 5.41) is 2.77. The van der Waals surface area contributed by atoms with E-state index < -0.39 is 0 Å². The topological polar surface area (TPSA) is 15.8 Å². The summed E-state index contributed by atoms with van der Waals surface area (Å²) < 4.78 is 0. The van der Waals surface area contributed by atoms with E-state index in [4.69, 9.17) is 0 Å². The van der Waals surface area contributed by atoms with E-state index >= 15 is 0 Å². The predicted molar refractivity (Wildman–Crippen MR) is 87.9 cm³/mol. The molecule has 1 aliphatic rings. The lowest BCUT2D eigenvalue weighted by Gasteiger charge is -2.20. The zero-order valence-electron chi connectivity index (χ0n) is 11.7. The van der Waals surface area contributed by atoms with Crippen molar-refractivity contribution in [2.45, 2.75) is 12.8 Å². The molecule has 1 heterocycles. The van der Waals surface area contributed by atoms with Gasteiger partial charge in [-0.3, -0.25) is 0 Å².